The number of amides is 1. The van der Waals surface area contributed by atoms with Crippen LogP contribution in [0.4, 0.5) is 0 Å². The summed E-state index contributed by atoms with van der Waals surface area (Å²) in [5.41, 5.74) is 5.49. The number of ketones is 1. The van der Waals surface area contributed by atoms with E-state index in [1.54, 1.807) is 5.94 Å². The van der Waals surface area contributed by atoms with E-state index < -0.39 is 12.0 Å². The molecule has 42 heavy (non-hydrogen) atoms. The highest BCUT2D eigenvalue weighted by molar-refractivity contribution is 5.83. The van der Waals surface area contributed by atoms with E-state index in [-0.39, 0.29) is 31.6 Å². The molecule has 0 spiro atoms. The van der Waals surface area contributed by atoms with Gasteiger partial charge in [-0.1, -0.05) is 94.2 Å². The van der Waals surface area contributed by atoms with E-state index in [1.165, 1.54) is 36.5 Å². The molecule has 5 N–H and O–H groups in total. The van der Waals surface area contributed by atoms with Gasteiger partial charge in [-0.15, -0.1) is 0 Å². The van der Waals surface area contributed by atoms with Gasteiger partial charge >= 0.3 is 5.97 Å². The fourth-order valence-electron chi connectivity index (χ4n) is 2.61. The van der Waals surface area contributed by atoms with Crippen LogP contribution < -0.4 is 16.4 Å². The minimum Gasteiger partial charge on any atom is -0.481 e. The molecule has 1 unspecified atom stereocenters. The Labute approximate surface area is 251 Å². The highest BCUT2D eigenvalue weighted by Gasteiger charge is 2.14. The summed E-state index contributed by atoms with van der Waals surface area (Å²) in [6, 6.07) is 14.4. The number of fused-ring (bicyclic) bond motifs is 1. The zero-order valence-electron chi connectivity index (χ0n) is 26.5. The number of aldehydes is 1. The van der Waals surface area contributed by atoms with Crippen LogP contribution in [0.3, 0.4) is 0 Å². The Bertz CT molecular complexity index is 973. The number of aliphatic carboxylic acids is 1. The van der Waals surface area contributed by atoms with Gasteiger partial charge in [0.1, 0.15) is 18.0 Å². The largest absolute Gasteiger partial charge is 0.481 e. The van der Waals surface area contributed by atoms with Crippen molar-refractivity contribution >= 4 is 41.2 Å². The van der Waals surface area contributed by atoms with Gasteiger partial charge in [-0.25, -0.2) is 4.79 Å². The number of unbranched alkanes of at least 4 members (excludes halogenated alkanes) is 1. The van der Waals surface area contributed by atoms with Gasteiger partial charge in [0.05, 0.1) is 25.8 Å². The molecule has 0 fully saturated rings. The van der Waals surface area contributed by atoms with Gasteiger partial charge in [0.25, 0.3) is 0 Å². The van der Waals surface area contributed by atoms with Gasteiger partial charge < -0.3 is 26.3 Å². The van der Waals surface area contributed by atoms with Crippen LogP contribution in [0, 0.1) is 11.8 Å². The number of primary amides is 1. The summed E-state index contributed by atoms with van der Waals surface area (Å²) in [5.74, 6) is 0.545. The molecule has 0 radical (unpaired) electrons. The number of nitrogens with zero attached hydrogens (tertiary/aromatic N) is 1. The van der Waals surface area contributed by atoms with Crippen LogP contribution in [0.1, 0.15) is 72.8 Å². The van der Waals surface area contributed by atoms with Crippen LogP contribution in [0.5, 0.6) is 0 Å². The van der Waals surface area contributed by atoms with E-state index in [2.05, 4.69) is 77.9 Å². The number of Topliss-reactive ketones (excluding diaryl/α,β-unsaturated/α-hetero) is 1. The Morgan fingerprint density at radius 1 is 1.07 bits per heavy atom. The van der Waals surface area contributed by atoms with Crippen molar-refractivity contribution < 1.29 is 29.1 Å². The summed E-state index contributed by atoms with van der Waals surface area (Å²) < 4.78 is 0. The highest BCUT2D eigenvalue weighted by atomic mass is 16.4. The van der Waals surface area contributed by atoms with Gasteiger partial charge in [0, 0.05) is 13.0 Å². The Morgan fingerprint density at radius 2 is 1.60 bits per heavy atom. The van der Waals surface area contributed by atoms with E-state index in [1.807, 2.05) is 27.7 Å². The molecule has 11 nitrogen and oxygen atoms in total. The number of hydrogen-bond donors (Lipinski definition) is 4. The maximum absolute atomic E-state index is 10.9. The van der Waals surface area contributed by atoms with Crippen molar-refractivity contribution in [3.05, 3.63) is 59.1 Å². The maximum Gasteiger partial charge on any atom is 0.303 e. The third-order valence-corrected chi connectivity index (χ3v) is 4.33. The zero-order valence-corrected chi connectivity index (χ0v) is 26.5. The number of nitrogens with two attached hydrogens (primary N) is 1. The van der Waals surface area contributed by atoms with Gasteiger partial charge in [-0.05, 0) is 37.5 Å². The monoisotopic (exact) mass is 592 g/mol. The first kappa shape index (κ1) is 47.6. The number of carbonyl (C=O) groups excluding carboxylic acids is 4. The van der Waals surface area contributed by atoms with Crippen LogP contribution in [0.2, 0.25) is 0 Å². The Hall–Kier alpha value is -4.21. The first-order valence-electron chi connectivity index (χ1n) is 13.8. The number of carbonyl (C=O) groups is 4. The topological polar surface area (TPSA) is 185 Å². The third kappa shape index (κ3) is 37.9. The van der Waals surface area contributed by atoms with Crippen LogP contribution >= 0.6 is 0 Å². The average molecular weight is 593 g/mol. The lowest BCUT2D eigenvalue weighted by Gasteiger charge is -2.11. The number of nitroso groups, excluding NO2 is 1. The first-order valence-corrected chi connectivity index (χ1v) is 13.8. The molecule has 1 amide bonds. The maximum atomic E-state index is 10.9. The van der Waals surface area contributed by atoms with E-state index in [4.69, 9.17) is 14.8 Å². The second-order valence-corrected chi connectivity index (χ2v) is 7.41. The molecule has 1 atom stereocenters. The van der Waals surface area contributed by atoms with Gasteiger partial charge in [-0.2, -0.15) is 4.91 Å². The van der Waals surface area contributed by atoms with Crippen molar-refractivity contribution in [2.45, 2.75) is 80.2 Å². The van der Waals surface area contributed by atoms with Gasteiger partial charge in [-0.3, -0.25) is 14.4 Å². The second kappa shape index (κ2) is 41.3. The smallest absolute Gasteiger partial charge is 0.303 e. The van der Waals surface area contributed by atoms with Crippen molar-refractivity contribution in [1.29, 1.82) is 0 Å². The zero-order chi connectivity index (χ0) is 33.6. The number of hydrogen-bond acceptors (Lipinski definition) is 9. The van der Waals surface area contributed by atoms with E-state index >= 15 is 0 Å². The summed E-state index contributed by atoms with van der Waals surface area (Å²) in [5, 5.41) is 18.7. The van der Waals surface area contributed by atoms with Crippen LogP contribution in [0.15, 0.2) is 53.8 Å². The van der Waals surface area contributed by atoms with Crippen LogP contribution in [0.25, 0.3) is 10.8 Å². The summed E-state index contributed by atoms with van der Waals surface area (Å²) in [6.07, 6.45) is 4.60. The molecule has 2 aromatic rings. The van der Waals surface area contributed by atoms with Crippen LogP contribution in [-0.4, -0.2) is 61.7 Å². The molecular weight excluding hydrogens is 540 g/mol. The summed E-state index contributed by atoms with van der Waals surface area (Å²) in [6.45, 7) is 14.5. The van der Waals surface area contributed by atoms with E-state index in [0.29, 0.717) is 6.29 Å². The molecule has 0 aliphatic carbocycles. The SMILES string of the molecule is CC.CC.CC(=O)C(CCC(=O)O)NCC=O.CCCCNC=C=O.CN=O.Cc1ccc2ccccc2c1.NC=O. The van der Waals surface area contributed by atoms with Crippen molar-refractivity contribution in [1.82, 2.24) is 10.6 Å². The molecule has 2 rings (SSSR count). The Morgan fingerprint density at radius 3 is 2.02 bits per heavy atom. The highest BCUT2D eigenvalue weighted by Crippen LogP contribution is 2.14. The second-order valence-electron chi connectivity index (χ2n) is 7.41. The molecule has 11 heteroatoms. The lowest BCUT2D eigenvalue weighted by molar-refractivity contribution is -0.137. The van der Waals surface area contributed by atoms with Crippen molar-refractivity contribution in [3.63, 3.8) is 0 Å². The predicted octanol–water partition coefficient (Wildman–Crippen LogP) is 5.00. The number of aryl methyl sites for hydroxylation is 1. The molecule has 0 saturated heterocycles. The normalized spacial score (nSPS) is 8.76. The molecule has 0 bridgehead atoms. The summed E-state index contributed by atoms with van der Waals surface area (Å²) >= 11 is 0. The minimum atomic E-state index is -0.945. The third-order valence-electron chi connectivity index (χ3n) is 4.33. The molecule has 0 aliphatic heterocycles. The summed E-state index contributed by atoms with van der Waals surface area (Å²) in [7, 11) is 1.19. The Balaban J connectivity index is -0.000000143. The van der Waals surface area contributed by atoms with Gasteiger partial charge in [0.2, 0.25) is 6.41 Å². The number of carboxylic acid groups (broad SMARTS) is 1. The first-order chi connectivity index (χ1) is 20.2. The molecular formula is C31H52N4O7. The quantitative estimate of drug-likeness (QED) is 0.121. The molecule has 0 aliphatic rings. The predicted molar refractivity (Wildman–Crippen MR) is 172 cm³/mol. The summed E-state index contributed by atoms with van der Waals surface area (Å²) in [4.78, 5) is 57.7. The van der Waals surface area contributed by atoms with Crippen molar-refractivity contribution in [3.8, 4) is 0 Å². The lowest BCUT2D eigenvalue weighted by atomic mass is 10.1. The van der Waals surface area contributed by atoms with Crippen LogP contribution in [-0.2, 0) is 24.0 Å². The lowest BCUT2D eigenvalue weighted by Crippen LogP contribution is -2.36. The fraction of sp³-hybridized carbons (Fsp3) is 0.484. The van der Waals surface area contributed by atoms with Crippen molar-refractivity contribution in [2.75, 3.05) is 20.1 Å². The number of benzene rings is 2. The van der Waals surface area contributed by atoms with Crippen molar-refractivity contribution in [2.24, 2.45) is 10.9 Å². The molecule has 0 aromatic heterocycles. The standard InChI is InChI=1S/C11H10.C8H13NO4.C6H11NO.2C2H6.2CH3NO/c1-9-6-7-10-4-2-3-5-11(10)8-9;1-6(11)7(9-4-5-10)2-3-8(12)13;1-2-3-4-7-5-6-8;2*1-2;1-2-3;2-1-3/h2-8H,1H3;5,7,9H,2-4H2,1H3,(H,12,13);5,7H,2-4H2,1H3;2*1-2H3;1H3;1H,(H2,2,3). The molecule has 0 saturated carbocycles. The number of carboxylic acids is 1. The molecule has 0 heterocycles. The molecule has 2 aromatic carbocycles. The minimum absolute atomic E-state index is 0.0733. The fourth-order valence-corrected chi connectivity index (χ4v) is 2.61. The van der Waals surface area contributed by atoms with E-state index in [0.717, 1.165) is 19.4 Å². The average Bonchev–Trinajstić information content (AvgIpc) is 2.98. The van der Waals surface area contributed by atoms with E-state index in [9.17, 15) is 19.2 Å². The Kier molecular flexibility index (Phi) is 46.7. The number of rotatable bonds is 11. The van der Waals surface area contributed by atoms with Gasteiger partial charge in [0.15, 0.2) is 0 Å². The molecule has 238 valence electrons. The number of nitrogens with one attached hydrogen (secondary N) is 2.